The van der Waals surface area contributed by atoms with E-state index in [1.54, 1.807) is 0 Å². The van der Waals surface area contributed by atoms with Crippen LogP contribution in [0.25, 0.3) is 0 Å². The van der Waals surface area contributed by atoms with Gasteiger partial charge in [-0.1, -0.05) is 0 Å². The monoisotopic (exact) mass is 193 g/mol. The van der Waals surface area contributed by atoms with Crippen molar-refractivity contribution < 1.29 is 4.79 Å². The van der Waals surface area contributed by atoms with E-state index in [1.807, 2.05) is 0 Å². The molecule has 4 nitrogen and oxygen atoms in total. The molecule has 12 heavy (non-hydrogen) atoms. The summed E-state index contributed by atoms with van der Waals surface area (Å²) in [7, 11) is 4.27. The Morgan fingerprint density at radius 3 is 2.33 bits per heavy atom. The molecule has 1 rings (SSSR count). The third kappa shape index (κ3) is 6.39. The molecule has 1 amide bonds. The van der Waals surface area contributed by atoms with Crippen molar-refractivity contribution in [2.75, 3.05) is 27.2 Å². The molecule has 1 aliphatic heterocycles. The third-order valence-corrected chi connectivity index (χ3v) is 1.76. The number of carbonyl (C=O) groups excluding carboxylic acids is 1. The lowest BCUT2D eigenvalue weighted by molar-refractivity contribution is 0.266. The van der Waals surface area contributed by atoms with E-state index in [2.05, 4.69) is 41.6 Å². The predicted octanol–water partition coefficient (Wildman–Crippen LogP) is 0.214. The van der Waals surface area contributed by atoms with Gasteiger partial charge >= 0.3 is 5.37 Å². The molecule has 0 saturated carbocycles. The van der Waals surface area contributed by atoms with Gasteiger partial charge in [0.1, 0.15) is 0 Å². The van der Waals surface area contributed by atoms with E-state index in [0.717, 1.165) is 6.04 Å². The summed E-state index contributed by atoms with van der Waals surface area (Å²) in [5, 5.41) is 2.45. The second kappa shape index (κ2) is 6.22. The van der Waals surface area contributed by atoms with Crippen LogP contribution in [-0.4, -0.2) is 43.5 Å². The first kappa shape index (κ1) is 11.7. The van der Waals surface area contributed by atoms with Gasteiger partial charge in [-0.3, -0.25) is 4.79 Å². The summed E-state index contributed by atoms with van der Waals surface area (Å²) >= 11 is 4.41. The number of nitrogens with one attached hydrogen (secondary N) is 1. The normalized spacial score (nSPS) is 21.8. The van der Waals surface area contributed by atoms with E-state index in [1.165, 1.54) is 19.5 Å². The highest BCUT2D eigenvalue weighted by molar-refractivity contribution is 6.62. The van der Waals surface area contributed by atoms with Crippen molar-refractivity contribution in [3.63, 3.8) is 0 Å². The van der Waals surface area contributed by atoms with Crippen molar-refractivity contribution in [2.45, 2.75) is 12.5 Å². The van der Waals surface area contributed by atoms with Crippen LogP contribution in [0, 0.1) is 0 Å². The van der Waals surface area contributed by atoms with Gasteiger partial charge < -0.3 is 16.0 Å². The molecule has 5 heteroatoms. The molecule has 0 bridgehead atoms. The second-order valence-electron chi connectivity index (χ2n) is 2.91. The highest BCUT2D eigenvalue weighted by atomic mass is 35.5. The number of halogens is 1. The third-order valence-electron chi connectivity index (χ3n) is 1.76. The molecule has 1 atom stereocenters. The average Bonchev–Trinajstić information content (AvgIpc) is 2.34. The first-order valence-electron chi connectivity index (χ1n) is 3.86. The number of nitrogens with zero attached hydrogens (tertiary/aromatic N) is 1. The summed E-state index contributed by atoms with van der Waals surface area (Å²) in [6.07, 6.45) is 1.31. The zero-order valence-corrected chi connectivity index (χ0v) is 8.27. The minimum Gasteiger partial charge on any atom is -0.356 e. The van der Waals surface area contributed by atoms with Crippen molar-refractivity contribution >= 4 is 17.0 Å². The van der Waals surface area contributed by atoms with E-state index in [9.17, 15) is 0 Å². The van der Waals surface area contributed by atoms with Gasteiger partial charge in [-0.05, 0) is 38.7 Å². The Kier molecular flexibility index (Phi) is 6.06. The summed E-state index contributed by atoms with van der Waals surface area (Å²) in [5.41, 5.74) is 4.24. The summed E-state index contributed by atoms with van der Waals surface area (Å²) in [6.45, 7) is 2.37. The largest absolute Gasteiger partial charge is 0.356 e. The SMILES string of the molecule is CN(C)[C@@H]1CCNC1.NC(=O)Cl. The topological polar surface area (TPSA) is 58.4 Å². The van der Waals surface area contributed by atoms with Gasteiger partial charge in [0.25, 0.3) is 0 Å². The molecule has 72 valence electrons. The first-order valence-corrected chi connectivity index (χ1v) is 4.24. The molecular formula is C7H16ClN3O. The molecule has 0 aliphatic carbocycles. The van der Waals surface area contributed by atoms with E-state index in [-0.39, 0.29) is 0 Å². The molecule has 0 unspecified atom stereocenters. The van der Waals surface area contributed by atoms with E-state index in [4.69, 9.17) is 4.79 Å². The number of amides is 1. The fraction of sp³-hybridized carbons (Fsp3) is 0.857. The van der Waals surface area contributed by atoms with Crippen LogP contribution in [-0.2, 0) is 0 Å². The van der Waals surface area contributed by atoms with Crippen molar-refractivity contribution in [2.24, 2.45) is 5.73 Å². The van der Waals surface area contributed by atoms with Gasteiger partial charge in [0.05, 0.1) is 0 Å². The molecule has 0 aromatic rings. The number of likely N-dealkylation sites (N-methyl/N-ethyl adjacent to an activating group) is 1. The minimum absolute atomic E-state index is 0.787. The van der Waals surface area contributed by atoms with Gasteiger partial charge in [-0.15, -0.1) is 0 Å². The van der Waals surface area contributed by atoms with Crippen LogP contribution in [0.1, 0.15) is 6.42 Å². The van der Waals surface area contributed by atoms with E-state index in [0.29, 0.717) is 0 Å². The van der Waals surface area contributed by atoms with Crippen molar-refractivity contribution in [3.05, 3.63) is 0 Å². The Balaban J connectivity index is 0.000000261. The highest BCUT2D eigenvalue weighted by Gasteiger charge is 2.14. The Morgan fingerprint density at radius 1 is 1.67 bits per heavy atom. The van der Waals surface area contributed by atoms with Crippen LogP contribution in [0.15, 0.2) is 0 Å². The van der Waals surface area contributed by atoms with Gasteiger partial charge in [-0.25, -0.2) is 0 Å². The van der Waals surface area contributed by atoms with Crippen LogP contribution in [0.3, 0.4) is 0 Å². The Hall–Kier alpha value is -0.320. The molecule has 1 aliphatic rings. The van der Waals surface area contributed by atoms with Crippen LogP contribution < -0.4 is 11.1 Å². The lowest BCUT2D eigenvalue weighted by Crippen LogP contribution is -2.29. The zero-order valence-electron chi connectivity index (χ0n) is 7.51. The molecule has 0 spiro atoms. The van der Waals surface area contributed by atoms with Gasteiger partial charge in [-0.2, -0.15) is 0 Å². The first-order chi connectivity index (χ1) is 5.54. The Morgan fingerprint density at radius 2 is 2.17 bits per heavy atom. The molecule has 0 aromatic carbocycles. The fourth-order valence-corrected chi connectivity index (χ4v) is 1.08. The smallest absolute Gasteiger partial charge is 0.311 e. The maximum absolute atomic E-state index is 8.99. The minimum atomic E-state index is -0.861. The van der Waals surface area contributed by atoms with Crippen LogP contribution in [0.4, 0.5) is 4.79 Å². The Bertz CT molecular complexity index is 131. The molecule has 0 radical (unpaired) electrons. The summed E-state index contributed by atoms with van der Waals surface area (Å²) in [4.78, 5) is 11.3. The number of primary amides is 1. The van der Waals surface area contributed by atoms with Crippen molar-refractivity contribution in [1.29, 1.82) is 0 Å². The average molecular weight is 194 g/mol. The standard InChI is InChI=1S/C6H14N2.CH2ClNO/c1-8(2)6-3-4-7-5-6;2-1(3)4/h6-7H,3-5H2,1-2H3;(H2,3,4)/t6-;/m1./s1. The number of carbonyl (C=O) groups is 1. The van der Waals surface area contributed by atoms with Gasteiger partial charge in [0.15, 0.2) is 0 Å². The number of nitrogens with two attached hydrogens (primary N) is 1. The van der Waals surface area contributed by atoms with Crippen LogP contribution in [0.5, 0.6) is 0 Å². The molecule has 1 fully saturated rings. The second-order valence-corrected chi connectivity index (χ2v) is 3.29. The van der Waals surface area contributed by atoms with Crippen molar-refractivity contribution in [3.8, 4) is 0 Å². The summed E-state index contributed by atoms with van der Waals surface area (Å²) in [6, 6.07) is 0.787. The van der Waals surface area contributed by atoms with Crippen molar-refractivity contribution in [1.82, 2.24) is 10.2 Å². The number of rotatable bonds is 1. The maximum atomic E-state index is 8.99. The highest BCUT2D eigenvalue weighted by Crippen LogP contribution is 2.01. The zero-order chi connectivity index (χ0) is 9.56. The molecule has 3 N–H and O–H groups in total. The number of hydrogen-bond acceptors (Lipinski definition) is 3. The number of hydrogen-bond donors (Lipinski definition) is 2. The quantitative estimate of drug-likeness (QED) is 0.463. The predicted molar refractivity (Wildman–Crippen MR) is 50.4 cm³/mol. The van der Waals surface area contributed by atoms with E-state index >= 15 is 0 Å². The molecule has 1 heterocycles. The van der Waals surface area contributed by atoms with Crippen LogP contribution in [0.2, 0.25) is 0 Å². The van der Waals surface area contributed by atoms with Gasteiger partial charge in [0, 0.05) is 12.6 Å². The Labute approximate surface area is 78.0 Å². The lowest BCUT2D eigenvalue weighted by Gasteiger charge is -2.16. The molecule has 0 aromatic heterocycles. The summed E-state index contributed by atoms with van der Waals surface area (Å²) < 4.78 is 0. The lowest BCUT2D eigenvalue weighted by atomic mass is 10.2. The maximum Gasteiger partial charge on any atom is 0.311 e. The van der Waals surface area contributed by atoms with E-state index < -0.39 is 5.37 Å². The summed E-state index contributed by atoms with van der Waals surface area (Å²) in [5.74, 6) is 0. The van der Waals surface area contributed by atoms with Crippen LogP contribution >= 0.6 is 11.6 Å². The molecular weight excluding hydrogens is 178 g/mol. The fourth-order valence-electron chi connectivity index (χ4n) is 1.08. The molecule has 1 saturated heterocycles. The van der Waals surface area contributed by atoms with Gasteiger partial charge in [0.2, 0.25) is 0 Å².